The van der Waals surface area contributed by atoms with Gasteiger partial charge in [-0.05, 0) is 72.1 Å². The Labute approximate surface area is 199 Å². The summed E-state index contributed by atoms with van der Waals surface area (Å²) in [5.74, 6) is -1.09. The van der Waals surface area contributed by atoms with Crippen LogP contribution >= 0.6 is 0 Å². The van der Waals surface area contributed by atoms with E-state index >= 15 is 0 Å². The molecule has 3 N–H and O–H groups in total. The van der Waals surface area contributed by atoms with Crippen molar-refractivity contribution >= 4 is 23.8 Å². The van der Waals surface area contributed by atoms with E-state index in [2.05, 4.69) is 10.4 Å². The van der Waals surface area contributed by atoms with Gasteiger partial charge in [-0.2, -0.15) is 5.10 Å². The Morgan fingerprint density at radius 3 is 2.62 bits per heavy atom. The third-order valence-corrected chi connectivity index (χ3v) is 6.56. The first-order valence-electron chi connectivity index (χ1n) is 11.8. The number of anilines is 1. The molecule has 2 atom stereocenters. The SMILES string of the molecule is O=C(O)CC1CCc2ccc(NC(=O)c3ccc(C=NN4CCOCC4)cc3)cc2C1CCO. The van der Waals surface area contributed by atoms with Gasteiger partial charge in [0, 0.05) is 24.3 Å². The van der Waals surface area contributed by atoms with Crippen LogP contribution in [0.5, 0.6) is 0 Å². The minimum Gasteiger partial charge on any atom is -0.481 e. The van der Waals surface area contributed by atoms with E-state index in [9.17, 15) is 19.8 Å². The van der Waals surface area contributed by atoms with E-state index in [0.717, 1.165) is 42.6 Å². The molecule has 0 spiro atoms. The number of amides is 1. The lowest BCUT2D eigenvalue weighted by molar-refractivity contribution is -0.138. The molecule has 1 amide bonds. The number of carboxylic acids is 1. The van der Waals surface area contributed by atoms with E-state index < -0.39 is 5.97 Å². The van der Waals surface area contributed by atoms with Gasteiger partial charge in [-0.25, -0.2) is 0 Å². The van der Waals surface area contributed by atoms with Crippen molar-refractivity contribution in [2.75, 3.05) is 38.2 Å². The smallest absolute Gasteiger partial charge is 0.303 e. The molecule has 0 saturated carbocycles. The van der Waals surface area contributed by atoms with Gasteiger partial charge in [0.2, 0.25) is 0 Å². The van der Waals surface area contributed by atoms with Crippen LogP contribution in [0, 0.1) is 5.92 Å². The van der Waals surface area contributed by atoms with E-state index in [-0.39, 0.29) is 30.8 Å². The fourth-order valence-corrected chi connectivity index (χ4v) is 4.78. The zero-order valence-corrected chi connectivity index (χ0v) is 19.2. The van der Waals surface area contributed by atoms with Gasteiger partial charge in [-0.3, -0.25) is 14.6 Å². The maximum absolute atomic E-state index is 12.8. The number of hydrazone groups is 1. The molecule has 0 bridgehead atoms. The summed E-state index contributed by atoms with van der Waals surface area (Å²) in [6, 6.07) is 13.1. The zero-order valence-electron chi connectivity index (χ0n) is 19.2. The van der Waals surface area contributed by atoms with E-state index in [1.54, 1.807) is 18.3 Å². The molecule has 1 saturated heterocycles. The number of carboxylic acid groups (broad SMARTS) is 1. The molecule has 2 unspecified atom stereocenters. The molecule has 2 aromatic rings. The first-order chi connectivity index (χ1) is 16.5. The average Bonchev–Trinajstić information content (AvgIpc) is 2.85. The van der Waals surface area contributed by atoms with Gasteiger partial charge in [-0.1, -0.05) is 18.2 Å². The van der Waals surface area contributed by atoms with Gasteiger partial charge < -0.3 is 20.3 Å². The number of morpholine rings is 1. The van der Waals surface area contributed by atoms with Crippen LogP contribution in [0.4, 0.5) is 5.69 Å². The fourth-order valence-electron chi connectivity index (χ4n) is 4.78. The highest BCUT2D eigenvalue weighted by Gasteiger charge is 2.31. The molecule has 1 aliphatic carbocycles. The van der Waals surface area contributed by atoms with Gasteiger partial charge in [0.05, 0.1) is 32.5 Å². The first-order valence-corrected chi connectivity index (χ1v) is 11.8. The predicted octanol–water partition coefficient (Wildman–Crippen LogP) is 3.11. The number of aryl methyl sites for hydroxylation is 1. The lowest BCUT2D eigenvalue weighted by atomic mass is 9.72. The van der Waals surface area contributed by atoms with Gasteiger partial charge in [-0.15, -0.1) is 0 Å². The number of aliphatic hydroxyl groups is 1. The number of hydrogen-bond acceptors (Lipinski definition) is 6. The van der Waals surface area contributed by atoms with Crippen molar-refractivity contribution in [1.29, 1.82) is 0 Å². The third kappa shape index (κ3) is 6.01. The van der Waals surface area contributed by atoms with Gasteiger partial charge in [0.25, 0.3) is 5.91 Å². The molecule has 4 rings (SSSR count). The highest BCUT2D eigenvalue weighted by Crippen LogP contribution is 2.41. The largest absolute Gasteiger partial charge is 0.481 e. The van der Waals surface area contributed by atoms with Crippen LogP contribution in [0.3, 0.4) is 0 Å². The van der Waals surface area contributed by atoms with E-state index in [1.807, 2.05) is 35.3 Å². The highest BCUT2D eigenvalue weighted by molar-refractivity contribution is 6.04. The van der Waals surface area contributed by atoms with Crippen molar-refractivity contribution in [3.63, 3.8) is 0 Å². The molecule has 34 heavy (non-hydrogen) atoms. The molecule has 1 heterocycles. The van der Waals surface area contributed by atoms with Gasteiger partial charge in [0.1, 0.15) is 0 Å². The second-order valence-corrected chi connectivity index (χ2v) is 8.82. The van der Waals surface area contributed by atoms with Crippen LogP contribution in [0.1, 0.15) is 52.2 Å². The number of benzene rings is 2. The van der Waals surface area contributed by atoms with Crippen molar-refractivity contribution in [3.8, 4) is 0 Å². The molecule has 8 nitrogen and oxygen atoms in total. The molecule has 1 aliphatic heterocycles. The summed E-state index contributed by atoms with van der Waals surface area (Å²) in [7, 11) is 0. The van der Waals surface area contributed by atoms with E-state index in [4.69, 9.17) is 4.74 Å². The number of nitrogens with zero attached hydrogens (tertiary/aromatic N) is 2. The topological polar surface area (TPSA) is 111 Å². The first kappa shape index (κ1) is 23.9. The number of aliphatic hydroxyl groups excluding tert-OH is 1. The standard InChI is InChI=1S/C26H31N3O5/c30-12-9-23-21(15-25(31)32)6-5-19-7-8-22(16-24(19)23)28-26(33)20-3-1-18(2-4-20)17-27-29-10-13-34-14-11-29/h1-4,7-8,16-17,21,23,30H,5-6,9-15H2,(H,28,33)(H,31,32). The summed E-state index contributed by atoms with van der Waals surface area (Å²) < 4.78 is 5.32. The normalized spacial score (nSPS) is 20.2. The maximum Gasteiger partial charge on any atom is 0.303 e. The monoisotopic (exact) mass is 465 g/mol. The number of fused-ring (bicyclic) bond motifs is 1. The predicted molar refractivity (Wildman–Crippen MR) is 129 cm³/mol. The van der Waals surface area contributed by atoms with Crippen molar-refractivity contribution in [2.45, 2.75) is 31.6 Å². The number of carbonyl (C=O) groups excluding carboxylic acids is 1. The summed E-state index contributed by atoms with van der Waals surface area (Å²) >= 11 is 0. The lowest BCUT2D eigenvalue weighted by Crippen LogP contribution is -2.32. The van der Waals surface area contributed by atoms with Crippen LogP contribution in [0.15, 0.2) is 47.6 Å². The minimum atomic E-state index is -0.820. The molecule has 8 heteroatoms. The molecule has 2 aromatic carbocycles. The van der Waals surface area contributed by atoms with Crippen LogP contribution in [-0.4, -0.2) is 66.2 Å². The number of hydrogen-bond donors (Lipinski definition) is 3. The summed E-state index contributed by atoms with van der Waals surface area (Å²) in [6.07, 6.45) is 3.97. The Balaban J connectivity index is 1.43. The second kappa shape index (κ2) is 11.3. The van der Waals surface area contributed by atoms with Gasteiger partial charge >= 0.3 is 5.97 Å². The molecular weight excluding hydrogens is 434 g/mol. The van der Waals surface area contributed by atoms with Crippen LogP contribution < -0.4 is 5.32 Å². The van der Waals surface area contributed by atoms with Crippen molar-refractivity contribution < 1.29 is 24.5 Å². The van der Waals surface area contributed by atoms with Crippen LogP contribution in [0.2, 0.25) is 0 Å². The summed E-state index contributed by atoms with van der Waals surface area (Å²) in [4.78, 5) is 24.1. The maximum atomic E-state index is 12.8. The third-order valence-electron chi connectivity index (χ3n) is 6.56. The summed E-state index contributed by atoms with van der Waals surface area (Å²) in [6.45, 7) is 2.90. The Morgan fingerprint density at radius 1 is 1.15 bits per heavy atom. The quantitative estimate of drug-likeness (QED) is 0.517. The molecule has 2 aliphatic rings. The molecular formula is C26H31N3O5. The molecule has 180 valence electrons. The van der Waals surface area contributed by atoms with Crippen LogP contribution in [0.25, 0.3) is 0 Å². The Hall–Kier alpha value is -3.23. The van der Waals surface area contributed by atoms with Crippen LogP contribution in [-0.2, 0) is 16.0 Å². The number of nitrogens with one attached hydrogen (secondary N) is 1. The lowest BCUT2D eigenvalue weighted by Gasteiger charge is -2.33. The summed E-state index contributed by atoms with van der Waals surface area (Å²) in [5.41, 5.74) is 4.30. The number of ether oxygens (including phenoxy) is 1. The van der Waals surface area contributed by atoms with Crippen molar-refractivity contribution in [2.24, 2.45) is 11.0 Å². The Kier molecular flexibility index (Phi) is 7.92. The second-order valence-electron chi connectivity index (χ2n) is 8.82. The Bertz CT molecular complexity index is 1030. The van der Waals surface area contributed by atoms with E-state index in [1.165, 1.54) is 0 Å². The van der Waals surface area contributed by atoms with Crippen molar-refractivity contribution in [1.82, 2.24) is 5.01 Å². The summed E-state index contributed by atoms with van der Waals surface area (Å²) in [5, 5.41) is 28.2. The molecule has 0 radical (unpaired) electrons. The zero-order chi connectivity index (χ0) is 23.9. The fraction of sp³-hybridized carbons (Fsp3) is 0.423. The highest BCUT2D eigenvalue weighted by atomic mass is 16.5. The van der Waals surface area contributed by atoms with Crippen molar-refractivity contribution in [3.05, 3.63) is 64.7 Å². The minimum absolute atomic E-state index is 0.00198. The molecule has 1 fully saturated rings. The number of aliphatic carboxylic acids is 1. The molecule has 0 aromatic heterocycles. The van der Waals surface area contributed by atoms with Gasteiger partial charge in [0.15, 0.2) is 0 Å². The number of carbonyl (C=O) groups is 2. The average molecular weight is 466 g/mol. The Morgan fingerprint density at radius 2 is 1.91 bits per heavy atom. The van der Waals surface area contributed by atoms with E-state index in [0.29, 0.717) is 30.9 Å². The number of rotatable bonds is 8.